The molecule has 6 heteroatoms. The number of aliphatic imine (C=N–C) groups is 2. The lowest BCUT2D eigenvalue weighted by molar-refractivity contribution is 1.19. The Morgan fingerprint density at radius 2 is 0.622 bits per heavy atom. The van der Waals surface area contributed by atoms with Crippen LogP contribution >= 0.6 is 0 Å². The lowest BCUT2D eigenvalue weighted by Crippen LogP contribution is -1.87. The maximum Gasteiger partial charge on any atom is 0.0857 e. The van der Waals surface area contributed by atoms with Gasteiger partial charge in [0, 0.05) is 12.4 Å². The first-order valence-electron chi connectivity index (χ1n) is 14.6. The van der Waals surface area contributed by atoms with Crippen LogP contribution in [0.1, 0.15) is 22.3 Å². The van der Waals surface area contributed by atoms with Crippen molar-refractivity contribution in [3.63, 3.8) is 0 Å². The maximum absolute atomic E-state index is 4.63. The molecule has 0 N–H and O–H groups in total. The summed E-state index contributed by atoms with van der Waals surface area (Å²) in [6.45, 7) is 0. The first kappa shape index (κ1) is 29.0. The highest BCUT2D eigenvalue weighted by Crippen LogP contribution is 2.22. The third kappa shape index (κ3) is 8.92. The van der Waals surface area contributed by atoms with Crippen molar-refractivity contribution in [2.24, 2.45) is 30.4 Å². The van der Waals surface area contributed by atoms with Gasteiger partial charge in [-0.1, -0.05) is 84.9 Å². The van der Waals surface area contributed by atoms with E-state index in [9.17, 15) is 0 Å². The number of benzene rings is 6. The second-order valence-corrected chi connectivity index (χ2v) is 10.3. The molecule has 0 aliphatic heterocycles. The van der Waals surface area contributed by atoms with Crippen LogP contribution in [-0.4, -0.2) is 12.4 Å². The van der Waals surface area contributed by atoms with Crippen LogP contribution < -0.4 is 0 Å². The Hall–Kier alpha value is -6.14. The van der Waals surface area contributed by atoms with Crippen LogP contribution in [0.3, 0.4) is 0 Å². The van der Waals surface area contributed by atoms with Crippen molar-refractivity contribution in [3.8, 4) is 0 Å². The zero-order valence-electron chi connectivity index (χ0n) is 24.6. The summed E-state index contributed by atoms with van der Waals surface area (Å²) < 4.78 is 0. The fraction of sp³-hybridized carbons (Fsp3) is 0.0256. The Labute approximate surface area is 262 Å². The quantitative estimate of drug-likeness (QED) is 0.114. The molecule has 6 nitrogen and oxygen atoms in total. The monoisotopic (exact) mass is 582 g/mol. The Morgan fingerprint density at radius 1 is 0.311 bits per heavy atom. The minimum absolute atomic E-state index is 0.800. The van der Waals surface area contributed by atoms with Crippen molar-refractivity contribution < 1.29 is 0 Å². The standard InChI is InChI=1S/C39H30N6/c1-3-7-36(8-4-1)42-44-38-23-15-32(16-24-38)28-40-34-19-11-30(12-20-34)27-31-13-21-35(22-14-31)41-29-33-17-25-39(26-18-33)45-43-37-9-5-2-6-10-37/h1-26,28-29H,27H2. The van der Waals surface area contributed by atoms with Crippen LogP contribution in [0.4, 0.5) is 34.1 Å². The van der Waals surface area contributed by atoms with Crippen molar-refractivity contribution in [3.05, 3.63) is 180 Å². The number of azo groups is 2. The molecule has 0 saturated carbocycles. The van der Waals surface area contributed by atoms with Crippen LogP contribution in [0, 0.1) is 0 Å². The van der Waals surface area contributed by atoms with Gasteiger partial charge in [-0.3, -0.25) is 9.98 Å². The van der Waals surface area contributed by atoms with Gasteiger partial charge in [-0.15, -0.1) is 0 Å². The Bertz CT molecular complexity index is 1770. The second-order valence-electron chi connectivity index (χ2n) is 10.3. The number of rotatable bonds is 10. The molecule has 6 rings (SSSR count). The van der Waals surface area contributed by atoms with Crippen molar-refractivity contribution in [2.75, 3.05) is 0 Å². The number of nitrogens with zero attached hydrogens (tertiary/aromatic N) is 6. The maximum atomic E-state index is 4.63. The van der Waals surface area contributed by atoms with Crippen LogP contribution in [0.15, 0.2) is 188 Å². The molecule has 0 bridgehead atoms. The summed E-state index contributed by atoms with van der Waals surface area (Å²) in [6, 6.07) is 51.7. The van der Waals surface area contributed by atoms with Crippen LogP contribution in [0.25, 0.3) is 0 Å². The van der Waals surface area contributed by atoms with E-state index in [1.807, 2.05) is 146 Å². The van der Waals surface area contributed by atoms with E-state index >= 15 is 0 Å². The van der Waals surface area contributed by atoms with E-state index in [0.29, 0.717) is 0 Å². The molecule has 0 heterocycles. The Morgan fingerprint density at radius 3 is 0.978 bits per heavy atom. The summed E-state index contributed by atoms with van der Waals surface area (Å²) >= 11 is 0. The average molecular weight is 583 g/mol. The minimum Gasteiger partial charge on any atom is -0.256 e. The molecule has 0 aliphatic carbocycles. The van der Waals surface area contributed by atoms with Gasteiger partial charge < -0.3 is 0 Å². The number of hydrogen-bond donors (Lipinski definition) is 0. The molecule has 6 aromatic rings. The first-order chi connectivity index (χ1) is 22.2. The van der Waals surface area contributed by atoms with Gasteiger partial charge in [0.1, 0.15) is 0 Å². The van der Waals surface area contributed by atoms with Crippen LogP contribution in [0.2, 0.25) is 0 Å². The van der Waals surface area contributed by atoms with E-state index < -0.39 is 0 Å². The minimum atomic E-state index is 0.800. The van der Waals surface area contributed by atoms with E-state index in [1.54, 1.807) is 0 Å². The fourth-order valence-electron chi connectivity index (χ4n) is 4.41. The summed E-state index contributed by atoms with van der Waals surface area (Å²) in [5.74, 6) is 0. The molecule has 0 radical (unpaired) electrons. The lowest BCUT2D eigenvalue weighted by Gasteiger charge is -2.04. The zero-order valence-corrected chi connectivity index (χ0v) is 24.6. The molecule has 0 unspecified atom stereocenters. The smallest absolute Gasteiger partial charge is 0.0857 e. The van der Waals surface area contributed by atoms with Crippen molar-refractivity contribution in [1.29, 1.82) is 0 Å². The highest BCUT2D eigenvalue weighted by Gasteiger charge is 1.99. The predicted octanol–water partition coefficient (Wildman–Crippen LogP) is 11.6. The average Bonchev–Trinajstić information content (AvgIpc) is 3.11. The molecule has 0 aliphatic rings. The molecule has 0 amide bonds. The summed E-state index contributed by atoms with van der Waals surface area (Å²) in [6.07, 6.45) is 4.56. The molecule has 0 atom stereocenters. The zero-order chi connectivity index (χ0) is 30.5. The Balaban J connectivity index is 0.987. The molecule has 216 valence electrons. The predicted molar refractivity (Wildman–Crippen MR) is 184 cm³/mol. The second kappa shape index (κ2) is 14.8. The molecular formula is C39H30N6. The molecule has 0 aromatic heterocycles. The van der Waals surface area contributed by atoms with E-state index in [4.69, 9.17) is 0 Å². The normalized spacial score (nSPS) is 11.7. The lowest BCUT2D eigenvalue weighted by atomic mass is 10.0. The topological polar surface area (TPSA) is 74.2 Å². The van der Waals surface area contributed by atoms with Gasteiger partial charge in [0.05, 0.1) is 34.1 Å². The summed E-state index contributed by atoms with van der Waals surface area (Å²) in [5.41, 5.74) is 9.53. The van der Waals surface area contributed by atoms with E-state index in [2.05, 4.69) is 54.7 Å². The van der Waals surface area contributed by atoms with Gasteiger partial charge in [0.15, 0.2) is 0 Å². The van der Waals surface area contributed by atoms with Crippen molar-refractivity contribution in [2.45, 2.75) is 6.42 Å². The van der Waals surface area contributed by atoms with Crippen LogP contribution in [-0.2, 0) is 6.42 Å². The van der Waals surface area contributed by atoms with E-state index in [0.717, 1.165) is 51.7 Å². The molecule has 0 fully saturated rings. The fourth-order valence-corrected chi connectivity index (χ4v) is 4.41. The molecule has 0 saturated heterocycles. The molecule has 6 aromatic carbocycles. The first-order valence-corrected chi connectivity index (χ1v) is 14.6. The highest BCUT2D eigenvalue weighted by molar-refractivity contribution is 5.83. The van der Waals surface area contributed by atoms with Gasteiger partial charge >= 0.3 is 0 Å². The van der Waals surface area contributed by atoms with Crippen molar-refractivity contribution >= 4 is 46.6 Å². The third-order valence-electron chi connectivity index (χ3n) is 6.87. The summed E-state index contributed by atoms with van der Waals surface area (Å²) in [7, 11) is 0. The third-order valence-corrected chi connectivity index (χ3v) is 6.87. The summed E-state index contributed by atoms with van der Waals surface area (Å²) in [4.78, 5) is 9.25. The molecular weight excluding hydrogens is 552 g/mol. The van der Waals surface area contributed by atoms with Gasteiger partial charge in [0.25, 0.3) is 0 Å². The SMILES string of the molecule is C(=Nc1ccc(Cc2ccc(N=Cc3ccc(N=Nc4ccccc4)cc3)cc2)cc1)c1ccc(N=Nc2ccccc2)cc1. The Kier molecular flexibility index (Phi) is 9.55. The summed E-state index contributed by atoms with van der Waals surface area (Å²) in [5, 5.41) is 17.1. The largest absolute Gasteiger partial charge is 0.256 e. The van der Waals surface area contributed by atoms with Gasteiger partial charge in [-0.05, 0) is 101 Å². The van der Waals surface area contributed by atoms with E-state index in [1.165, 1.54) is 11.1 Å². The highest BCUT2D eigenvalue weighted by atomic mass is 15.1. The van der Waals surface area contributed by atoms with Gasteiger partial charge in [0.2, 0.25) is 0 Å². The molecule has 0 spiro atoms. The van der Waals surface area contributed by atoms with Crippen molar-refractivity contribution in [1.82, 2.24) is 0 Å². The van der Waals surface area contributed by atoms with Gasteiger partial charge in [-0.25, -0.2) is 0 Å². The number of hydrogen-bond acceptors (Lipinski definition) is 6. The molecule has 45 heavy (non-hydrogen) atoms. The van der Waals surface area contributed by atoms with Gasteiger partial charge in [-0.2, -0.15) is 20.5 Å². The van der Waals surface area contributed by atoms with Crippen LogP contribution in [0.5, 0.6) is 0 Å². The van der Waals surface area contributed by atoms with E-state index in [-0.39, 0.29) is 0 Å².